The number of nitrogens with zero attached hydrogens (tertiary/aromatic N) is 2. The number of benzene rings is 2. The standard InChI is InChI=1S/C16H13ClN2O2/c1-11-3-2-4-15-14(11)7-8-18(15)10-12-5-6-13(17)9-16(12)19(20)21/h2-9H,10H2,1H3. The van der Waals surface area contributed by atoms with Gasteiger partial charge in [-0.25, -0.2) is 0 Å². The van der Waals surface area contributed by atoms with Crippen LogP contribution < -0.4 is 0 Å². The third-order valence-corrected chi connectivity index (χ3v) is 3.85. The highest BCUT2D eigenvalue weighted by Gasteiger charge is 2.15. The van der Waals surface area contributed by atoms with Crippen molar-refractivity contribution >= 4 is 28.2 Å². The lowest BCUT2D eigenvalue weighted by atomic mass is 10.1. The second kappa shape index (κ2) is 5.22. The Hall–Kier alpha value is -2.33. The van der Waals surface area contributed by atoms with Crippen LogP contribution in [0.3, 0.4) is 0 Å². The second-order valence-corrected chi connectivity index (χ2v) is 5.42. The number of hydrogen-bond donors (Lipinski definition) is 0. The highest BCUT2D eigenvalue weighted by Crippen LogP contribution is 2.26. The highest BCUT2D eigenvalue weighted by molar-refractivity contribution is 6.30. The Morgan fingerprint density at radius 1 is 1.24 bits per heavy atom. The molecule has 0 aliphatic rings. The van der Waals surface area contributed by atoms with Crippen LogP contribution in [0.15, 0.2) is 48.7 Å². The maximum Gasteiger partial charge on any atom is 0.275 e. The van der Waals surface area contributed by atoms with Crippen molar-refractivity contribution in [3.8, 4) is 0 Å². The molecular weight excluding hydrogens is 288 g/mol. The van der Waals surface area contributed by atoms with Crippen LogP contribution in [0.2, 0.25) is 5.02 Å². The number of halogens is 1. The van der Waals surface area contributed by atoms with Crippen LogP contribution in [0.4, 0.5) is 5.69 Å². The molecule has 0 aliphatic heterocycles. The van der Waals surface area contributed by atoms with Crippen molar-refractivity contribution in [1.82, 2.24) is 4.57 Å². The normalized spacial score (nSPS) is 11.0. The fourth-order valence-corrected chi connectivity index (χ4v) is 2.71. The molecular formula is C16H13ClN2O2. The van der Waals surface area contributed by atoms with E-state index in [9.17, 15) is 10.1 Å². The topological polar surface area (TPSA) is 48.1 Å². The summed E-state index contributed by atoms with van der Waals surface area (Å²) in [5, 5.41) is 12.7. The maximum absolute atomic E-state index is 11.2. The first-order chi connectivity index (χ1) is 10.1. The summed E-state index contributed by atoms with van der Waals surface area (Å²) in [4.78, 5) is 10.8. The van der Waals surface area contributed by atoms with E-state index in [4.69, 9.17) is 11.6 Å². The minimum atomic E-state index is -0.391. The predicted molar refractivity (Wildman–Crippen MR) is 83.9 cm³/mol. The van der Waals surface area contributed by atoms with E-state index < -0.39 is 4.92 Å². The first-order valence-corrected chi connectivity index (χ1v) is 6.91. The van der Waals surface area contributed by atoms with Crippen LogP contribution in [0.5, 0.6) is 0 Å². The molecule has 106 valence electrons. The van der Waals surface area contributed by atoms with Gasteiger partial charge < -0.3 is 4.57 Å². The van der Waals surface area contributed by atoms with Crippen molar-refractivity contribution < 1.29 is 4.92 Å². The van der Waals surface area contributed by atoms with E-state index >= 15 is 0 Å². The molecule has 0 unspecified atom stereocenters. The molecule has 0 atom stereocenters. The molecule has 0 aliphatic carbocycles. The van der Waals surface area contributed by atoms with Gasteiger partial charge in [-0.05, 0) is 36.8 Å². The predicted octanol–water partition coefficient (Wildman–Crippen LogP) is 4.56. The summed E-state index contributed by atoms with van der Waals surface area (Å²) in [5.41, 5.74) is 2.96. The summed E-state index contributed by atoms with van der Waals surface area (Å²) in [6.07, 6.45) is 1.95. The van der Waals surface area contributed by atoms with Crippen LogP contribution in [-0.2, 0) is 6.54 Å². The molecule has 0 saturated heterocycles. The number of nitro groups is 1. The summed E-state index contributed by atoms with van der Waals surface area (Å²) in [5.74, 6) is 0. The van der Waals surface area contributed by atoms with Gasteiger partial charge in [-0.3, -0.25) is 10.1 Å². The Bertz CT molecular complexity index is 839. The lowest BCUT2D eigenvalue weighted by molar-refractivity contribution is -0.385. The molecule has 0 fully saturated rings. The molecule has 21 heavy (non-hydrogen) atoms. The molecule has 1 heterocycles. The summed E-state index contributed by atoms with van der Waals surface area (Å²) >= 11 is 5.85. The van der Waals surface area contributed by atoms with Gasteiger partial charge in [0, 0.05) is 33.8 Å². The number of nitro benzene ring substituents is 1. The van der Waals surface area contributed by atoms with Gasteiger partial charge in [0.2, 0.25) is 0 Å². The van der Waals surface area contributed by atoms with Gasteiger partial charge >= 0.3 is 0 Å². The second-order valence-electron chi connectivity index (χ2n) is 4.98. The first-order valence-electron chi connectivity index (χ1n) is 6.53. The van der Waals surface area contributed by atoms with Crippen molar-refractivity contribution in [2.75, 3.05) is 0 Å². The third kappa shape index (κ3) is 2.50. The lowest BCUT2D eigenvalue weighted by Gasteiger charge is -2.07. The number of hydrogen-bond acceptors (Lipinski definition) is 2. The van der Waals surface area contributed by atoms with Gasteiger partial charge in [0.1, 0.15) is 0 Å². The van der Waals surface area contributed by atoms with E-state index in [2.05, 4.69) is 13.0 Å². The first kappa shape index (κ1) is 13.6. The molecule has 0 radical (unpaired) electrons. The molecule has 4 nitrogen and oxygen atoms in total. The summed E-state index contributed by atoms with van der Waals surface area (Å²) in [6.45, 7) is 2.50. The molecule has 3 rings (SSSR count). The van der Waals surface area contributed by atoms with E-state index in [0.717, 1.165) is 10.9 Å². The average molecular weight is 301 g/mol. The monoisotopic (exact) mass is 300 g/mol. The largest absolute Gasteiger partial charge is 0.343 e. The van der Waals surface area contributed by atoms with Gasteiger partial charge in [-0.15, -0.1) is 0 Å². The Morgan fingerprint density at radius 2 is 2.05 bits per heavy atom. The van der Waals surface area contributed by atoms with Crippen LogP contribution in [0, 0.1) is 17.0 Å². The van der Waals surface area contributed by atoms with Crippen LogP contribution in [0.1, 0.15) is 11.1 Å². The molecule has 0 bridgehead atoms. The van der Waals surface area contributed by atoms with Crippen LogP contribution >= 0.6 is 11.6 Å². The Kier molecular flexibility index (Phi) is 3.39. The minimum Gasteiger partial charge on any atom is -0.343 e. The van der Waals surface area contributed by atoms with Gasteiger partial charge in [0.25, 0.3) is 5.69 Å². The van der Waals surface area contributed by atoms with Crippen LogP contribution in [-0.4, -0.2) is 9.49 Å². The fourth-order valence-electron chi connectivity index (χ4n) is 2.54. The van der Waals surface area contributed by atoms with E-state index in [-0.39, 0.29) is 5.69 Å². The smallest absolute Gasteiger partial charge is 0.275 e. The zero-order valence-corrected chi connectivity index (χ0v) is 12.2. The quantitative estimate of drug-likeness (QED) is 0.526. The highest BCUT2D eigenvalue weighted by atomic mass is 35.5. The maximum atomic E-state index is 11.2. The molecule has 0 N–H and O–H groups in total. The van der Waals surface area contributed by atoms with E-state index in [1.165, 1.54) is 11.6 Å². The Balaban J connectivity index is 2.07. The van der Waals surface area contributed by atoms with Crippen molar-refractivity contribution in [2.45, 2.75) is 13.5 Å². The molecule has 0 saturated carbocycles. The molecule has 0 spiro atoms. The average Bonchev–Trinajstić information content (AvgIpc) is 2.85. The van der Waals surface area contributed by atoms with E-state index in [1.54, 1.807) is 12.1 Å². The van der Waals surface area contributed by atoms with Crippen molar-refractivity contribution in [2.24, 2.45) is 0 Å². The van der Waals surface area contributed by atoms with E-state index in [1.807, 2.05) is 29.0 Å². The van der Waals surface area contributed by atoms with Crippen molar-refractivity contribution in [3.05, 3.63) is 74.9 Å². The summed E-state index contributed by atoms with van der Waals surface area (Å²) in [7, 11) is 0. The molecule has 5 heteroatoms. The molecule has 2 aromatic carbocycles. The molecule has 3 aromatic rings. The number of rotatable bonds is 3. The number of aromatic nitrogens is 1. The van der Waals surface area contributed by atoms with Gasteiger partial charge in [0.05, 0.1) is 11.5 Å². The van der Waals surface area contributed by atoms with E-state index in [0.29, 0.717) is 17.1 Å². The molecule has 1 aromatic heterocycles. The van der Waals surface area contributed by atoms with Crippen molar-refractivity contribution in [3.63, 3.8) is 0 Å². The third-order valence-electron chi connectivity index (χ3n) is 3.62. The summed E-state index contributed by atoms with van der Waals surface area (Å²) < 4.78 is 2.01. The van der Waals surface area contributed by atoms with Gasteiger partial charge in [-0.2, -0.15) is 0 Å². The number of fused-ring (bicyclic) bond motifs is 1. The Labute approximate surface area is 126 Å². The van der Waals surface area contributed by atoms with Gasteiger partial charge in [0.15, 0.2) is 0 Å². The zero-order valence-electron chi connectivity index (χ0n) is 11.4. The number of aryl methyl sites for hydroxylation is 1. The summed E-state index contributed by atoms with van der Waals surface area (Å²) in [6, 6.07) is 12.9. The van der Waals surface area contributed by atoms with Crippen molar-refractivity contribution in [1.29, 1.82) is 0 Å². The fraction of sp³-hybridized carbons (Fsp3) is 0.125. The minimum absolute atomic E-state index is 0.0528. The Morgan fingerprint density at radius 3 is 2.81 bits per heavy atom. The lowest BCUT2D eigenvalue weighted by Crippen LogP contribution is -2.02. The van der Waals surface area contributed by atoms with Crippen LogP contribution in [0.25, 0.3) is 10.9 Å². The SMILES string of the molecule is Cc1cccc2c1ccn2Cc1ccc(Cl)cc1[N+](=O)[O-]. The van der Waals surface area contributed by atoms with Gasteiger partial charge in [-0.1, -0.05) is 23.7 Å². The molecule has 0 amide bonds. The zero-order chi connectivity index (χ0) is 15.0.